The molecular formula is C23H20N4O5S. The Hall–Kier alpha value is -4.05. The SMILES string of the molecule is Cc1ccc(NC(=O)NC(=O)COC(=O)c2cc(-c3cccs3)nc3onc(C)c23)cc1C. The summed E-state index contributed by atoms with van der Waals surface area (Å²) in [7, 11) is 0. The Morgan fingerprint density at radius 1 is 1.09 bits per heavy atom. The lowest BCUT2D eigenvalue weighted by Crippen LogP contribution is -2.37. The summed E-state index contributed by atoms with van der Waals surface area (Å²) in [6.07, 6.45) is 0. The number of esters is 1. The number of thiophene rings is 1. The number of aryl methyl sites for hydroxylation is 3. The second kappa shape index (κ2) is 9.21. The van der Waals surface area contributed by atoms with Crippen molar-refractivity contribution in [3.63, 3.8) is 0 Å². The van der Waals surface area contributed by atoms with Crippen LogP contribution in [0, 0.1) is 20.8 Å². The van der Waals surface area contributed by atoms with Gasteiger partial charge >= 0.3 is 12.0 Å². The van der Waals surface area contributed by atoms with Crippen molar-refractivity contribution >= 4 is 46.0 Å². The first kappa shape index (κ1) is 22.2. The third-order valence-corrected chi connectivity index (χ3v) is 5.86. The Bertz CT molecular complexity index is 1360. The van der Waals surface area contributed by atoms with Crippen LogP contribution in [0.2, 0.25) is 0 Å². The predicted molar refractivity (Wildman–Crippen MR) is 123 cm³/mol. The monoisotopic (exact) mass is 464 g/mol. The molecule has 3 amide bonds. The lowest BCUT2D eigenvalue weighted by Gasteiger charge is -2.09. The number of aromatic nitrogens is 2. The van der Waals surface area contributed by atoms with Crippen LogP contribution in [0.15, 0.2) is 46.3 Å². The summed E-state index contributed by atoms with van der Waals surface area (Å²) in [4.78, 5) is 42.3. The van der Waals surface area contributed by atoms with Gasteiger partial charge in [0.15, 0.2) is 6.61 Å². The van der Waals surface area contributed by atoms with E-state index in [2.05, 4.69) is 20.8 Å². The van der Waals surface area contributed by atoms with Crippen LogP contribution in [-0.2, 0) is 9.53 Å². The van der Waals surface area contributed by atoms with E-state index in [1.165, 1.54) is 11.3 Å². The van der Waals surface area contributed by atoms with Gasteiger partial charge in [-0.1, -0.05) is 17.3 Å². The molecule has 1 aromatic carbocycles. The number of carbonyl (C=O) groups is 3. The minimum Gasteiger partial charge on any atom is -0.452 e. The molecule has 3 heterocycles. The fraction of sp³-hybridized carbons (Fsp3) is 0.174. The van der Waals surface area contributed by atoms with Gasteiger partial charge in [0.05, 0.1) is 27.2 Å². The number of pyridine rings is 1. The Balaban J connectivity index is 1.43. The fourth-order valence-electron chi connectivity index (χ4n) is 3.16. The van der Waals surface area contributed by atoms with Crippen molar-refractivity contribution in [2.75, 3.05) is 11.9 Å². The second-order valence-corrected chi connectivity index (χ2v) is 8.31. The van der Waals surface area contributed by atoms with E-state index in [-0.39, 0.29) is 11.3 Å². The number of imide groups is 1. The Morgan fingerprint density at radius 3 is 2.64 bits per heavy atom. The molecular weight excluding hydrogens is 444 g/mol. The predicted octanol–water partition coefficient (Wildman–Crippen LogP) is 4.38. The standard InChI is InChI=1S/C23H20N4O5S/c1-12-6-7-15(9-13(12)2)24-23(30)26-19(28)11-31-22(29)16-10-17(18-5-4-8-33-18)25-21-20(16)14(3)27-32-21/h4-10H,11H2,1-3H3,(H2,24,26,28,30). The molecule has 0 unspecified atom stereocenters. The molecule has 9 nitrogen and oxygen atoms in total. The summed E-state index contributed by atoms with van der Waals surface area (Å²) in [6.45, 7) is 4.92. The second-order valence-electron chi connectivity index (χ2n) is 7.36. The number of urea groups is 1. The number of fused-ring (bicyclic) bond motifs is 1. The molecule has 0 bridgehead atoms. The van der Waals surface area contributed by atoms with Crippen molar-refractivity contribution in [2.24, 2.45) is 0 Å². The maximum absolute atomic E-state index is 12.8. The van der Waals surface area contributed by atoms with Crippen LogP contribution in [0.4, 0.5) is 10.5 Å². The van der Waals surface area contributed by atoms with Crippen LogP contribution < -0.4 is 10.6 Å². The molecule has 0 aliphatic carbocycles. The summed E-state index contributed by atoms with van der Waals surface area (Å²) in [5.74, 6) is -1.52. The molecule has 10 heteroatoms. The average molecular weight is 465 g/mol. The molecule has 0 atom stereocenters. The van der Waals surface area contributed by atoms with E-state index in [1.807, 2.05) is 37.4 Å². The Kier molecular flexibility index (Phi) is 6.18. The highest BCUT2D eigenvalue weighted by Gasteiger charge is 2.22. The van der Waals surface area contributed by atoms with Crippen LogP contribution in [-0.4, -0.2) is 34.7 Å². The first-order chi connectivity index (χ1) is 15.8. The van der Waals surface area contributed by atoms with Crippen LogP contribution in [0.25, 0.3) is 21.7 Å². The number of amides is 3. The zero-order valence-corrected chi connectivity index (χ0v) is 18.9. The van der Waals surface area contributed by atoms with Crippen LogP contribution in [0.3, 0.4) is 0 Å². The minimum absolute atomic E-state index is 0.175. The molecule has 0 saturated carbocycles. The van der Waals surface area contributed by atoms with Crippen LogP contribution in [0.5, 0.6) is 0 Å². The van der Waals surface area contributed by atoms with Gasteiger partial charge in [0.2, 0.25) is 0 Å². The molecule has 0 aliphatic heterocycles. The van der Waals surface area contributed by atoms with Gasteiger partial charge in [0, 0.05) is 5.69 Å². The van der Waals surface area contributed by atoms with Gasteiger partial charge in [-0.15, -0.1) is 11.3 Å². The molecule has 2 N–H and O–H groups in total. The van der Waals surface area contributed by atoms with E-state index in [1.54, 1.807) is 25.1 Å². The third kappa shape index (κ3) is 4.90. The number of hydrogen-bond acceptors (Lipinski definition) is 8. The van der Waals surface area contributed by atoms with Crippen LogP contribution >= 0.6 is 11.3 Å². The zero-order valence-electron chi connectivity index (χ0n) is 18.1. The van der Waals surface area contributed by atoms with E-state index in [0.29, 0.717) is 22.5 Å². The maximum atomic E-state index is 12.8. The minimum atomic E-state index is -0.768. The van der Waals surface area contributed by atoms with Crippen molar-refractivity contribution in [3.05, 3.63) is 64.2 Å². The highest BCUT2D eigenvalue weighted by molar-refractivity contribution is 7.13. The Morgan fingerprint density at radius 2 is 1.91 bits per heavy atom. The van der Waals surface area contributed by atoms with E-state index in [9.17, 15) is 14.4 Å². The number of nitrogens with zero attached hydrogens (tertiary/aromatic N) is 2. The summed E-state index contributed by atoms with van der Waals surface area (Å²) in [6, 6.07) is 9.96. The molecule has 0 spiro atoms. The summed E-state index contributed by atoms with van der Waals surface area (Å²) >= 11 is 1.45. The number of anilines is 1. The Labute approximate surface area is 192 Å². The first-order valence-corrected chi connectivity index (χ1v) is 10.9. The lowest BCUT2D eigenvalue weighted by molar-refractivity contribution is -0.123. The molecule has 4 rings (SSSR count). The third-order valence-electron chi connectivity index (χ3n) is 4.96. The summed E-state index contributed by atoms with van der Waals surface area (Å²) < 4.78 is 10.4. The highest BCUT2D eigenvalue weighted by Crippen LogP contribution is 2.29. The van der Waals surface area contributed by atoms with E-state index in [4.69, 9.17) is 9.26 Å². The van der Waals surface area contributed by atoms with Gasteiger partial charge in [0.25, 0.3) is 11.6 Å². The van der Waals surface area contributed by atoms with Gasteiger partial charge in [0.1, 0.15) is 0 Å². The number of benzene rings is 1. The number of hydrogen-bond donors (Lipinski definition) is 2. The topological polar surface area (TPSA) is 123 Å². The molecule has 0 fully saturated rings. The largest absolute Gasteiger partial charge is 0.452 e. The van der Waals surface area contributed by atoms with Crippen molar-refractivity contribution in [1.29, 1.82) is 0 Å². The van der Waals surface area contributed by atoms with E-state index in [0.717, 1.165) is 16.0 Å². The van der Waals surface area contributed by atoms with Crippen molar-refractivity contribution in [2.45, 2.75) is 20.8 Å². The smallest absolute Gasteiger partial charge is 0.339 e. The highest BCUT2D eigenvalue weighted by atomic mass is 32.1. The molecule has 3 aromatic heterocycles. The van der Waals surface area contributed by atoms with Crippen molar-refractivity contribution in [3.8, 4) is 10.6 Å². The van der Waals surface area contributed by atoms with Gasteiger partial charge in [-0.25, -0.2) is 14.6 Å². The maximum Gasteiger partial charge on any atom is 0.339 e. The van der Waals surface area contributed by atoms with Crippen molar-refractivity contribution < 1.29 is 23.6 Å². The quantitative estimate of drug-likeness (QED) is 0.420. The van der Waals surface area contributed by atoms with Gasteiger partial charge in [-0.3, -0.25) is 10.1 Å². The van der Waals surface area contributed by atoms with Gasteiger partial charge in [-0.05, 0) is 61.5 Å². The summed E-state index contributed by atoms with van der Waals surface area (Å²) in [5, 5.41) is 10.9. The number of ether oxygens (including phenoxy) is 1. The zero-order chi connectivity index (χ0) is 23.5. The van der Waals surface area contributed by atoms with E-state index < -0.39 is 24.5 Å². The normalized spacial score (nSPS) is 10.8. The fourth-order valence-corrected chi connectivity index (χ4v) is 3.85. The average Bonchev–Trinajstić information content (AvgIpc) is 3.44. The number of rotatable bonds is 5. The van der Waals surface area contributed by atoms with Gasteiger partial charge in [-0.2, -0.15) is 0 Å². The molecule has 4 aromatic rings. The lowest BCUT2D eigenvalue weighted by atomic mass is 10.1. The molecule has 0 saturated heterocycles. The molecule has 0 radical (unpaired) electrons. The molecule has 168 valence electrons. The van der Waals surface area contributed by atoms with Crippen molar-refractivity contribution in [1.82, 2.24) is 15.5 Å². The van der Waals surface area contributed by atoms with Crippen LogP contribution in [0.1, 0.15) is 27.2 Å². The number of nitrogens with one attached hydrogen (secondary N) is 2. The summed E-state index contributed by atoms with van der Waals surface area (Å²) in [5.41, 5.74) is 4.00. The molecule has 33 heavy (non-hydrogen) atoms. The number of carbonyl (C=O) groups excluding carboxylic acids is 3. The van der Waals surface area contributed by atoms with Gasteiger partial charge < -0.3 is 14.6 Å². The first-order valence-electron chi connectivity index (χ1n) is 9.98. The van der Waals surface area contributed by atoms with E-state index >= 15 is 0 Å². The molecule has 0 aliphatic rings.